The molecule has 0 aromatic heterocycles. The van der Waals surface area contributed by atoms with Crippen LogP contribution in [-0.2, 0) is 9.53 Å². The van der Waals surface area contributed by atoms with Crippen molar-refractivity contribution in [3.8, 4) is 0 Å². The maximum atomic E-state index is 11.8. The largest absolute Gasteiger partial charge is 0.460 e. The van der Waals surface area contributed by atoms with Crippen molar-refractivity contribution in [2.45, 2.75) is 103 Å². The molecule has 1 rings (SSSR count). The van der Waals surface area contributed by atoms with Gasteiger partial charge >= 0.3 is 5.97 Å². The van der Waals surface area contributed by atoms with Crippen LogP contribution in [-0.4, -0.2) is 11.6 Å². The Morgan fingerprint density at radius 3 is 1.68 bits per heavy atom. The van der Waals surface area contributed by atoms with Gasteiger partial charge in [0.15, 0.2) is 0 Å². The number of ether oxygens (including phenoxy) is 1. The molecule has 0 radical (unpaired) electrons. The molecule has 1 fully saturated rings. The van der Waals surface area contributed by atoms with Gasteiger partial charge in [0, 0.05) is 6.42 Å². The molecule has 2 nitrogen and oxygen atoms in total. The van der Waals surface area contributed by atoms with E-state index in [1.54, 1.807) is 0 Å². The van der Waals surface area contributed by atoms with E-state index in [9.17, 15) is 4.79 Å². The quantitative estimate of drug-likeness (QED) is 0.550. The number of carbonyl (C=O) groups excluding carboxylic acids is 1. The van der Waals surface area contributed by atoms with Crippen molar-refractivity contribution in [3.63, 3.8) is 0 Å². The summed E-state index contributed by atoms with van der Waals surface area (Å²) in [6.07, 6.45) is 15.7. The first-order valence-corrected chi connectivity index (χ1v) is 8.32. The molecule has 19 heavy (non-hydrogen) atoms. The zero-order valence-corrected chi connectivity index (χ0v) is 13.0. The summed E-state index contributed by atoms with van der Waals surface area (Å²) < 4.78 is 5.60. The predicted molar refractivity (Wildman–Crippen MR) is 80.2 cm³/mol. The lowest BCUT2D eigenvalue weighted by Gasteiger charge is -2.25. The van der Waals surface area contributed by atoms with Crippen molar-refractivity contribution < 1.29 is 9.53 Å². The molecule has 2 heteroatoms. The second kappa shape index (κ2) is 9.39. The summed E-state index contributed by atoms with van der Waals surface area (Å²) in [6, 6.07) is 0. The van der Waals surface area contributed by atoms with Crippen molar-refractivity contribution in [3.05, 3.63) is 0 Å². The van der Waals surface area contributed by atoms with E-state index in [4.69, 9.17) is 4.74 Å². The Kier molecular flexibility index (Phi) is 8.16. The Balaban J connectivity index is 2.33. The molecule has 0 spiro atoms. The topological polar surface area (TPSA) is 26.3 Å². The van der Waals surface area contributed by atoms with E-state index in [-0.39, 0.29) is 11.6 Å². The van der Waals surface area contributed by atoms with Crippen LogP contribution >= 0.6 is 0 Å². The average Bonchev–Trinajstić information content (AvgIpc) is 2.33. The van der Waals surface area contributed by atoms with Gasteiger partial charge in [-0.2, -0.15) is 0 Å². The third kappa shape index (κ3) is 9.07. The van der Waals surface area contributed by atoms with Crippen molar-refractivity contribution in [2.24, 2.45) is 0 Å². The van der Waals surface area contributed by atoms with Gasteiger partial charge in [0.05, 0.1) is 0 Å². The third-order valence-electron chi connectivity index (χ3n) is 4.05. The first kappa shape index (κ1) is 16.5. The Morgan fingerprint density at radius 2 is 1.16 bits per heavy atom. The summed E-state index contributed by atoms with van der Waals surface area (Å²) in [5.41, 5.74) is -0.270. The number of carbonyl (C=O) groups is 1. The second-order valence-electron chi connectivity index (χ2n) is 6.62. The number of hydrogen-bond donors (Lipinski definition) is 0. The van der Waals surface area contributed by atoms with Crippen LogP contribution in [0.1, 0.15) is 97.3 Å². The van der Waals surface area contributed by atoms with E-state index in [0.717, 1.165) is 12.8 Å². The van der Waals surface area contributed by atoms with Gasteiger partial charge in [0.2, 0.25) is 0 Å². The zero-order chi connectivity index (χ0) is 14.0. The average molecular weight is 268 g/mol. The Morgan fingerprint density at radius 1 is 0.737 bits per heavy atom. The minimum atomic E-state index is -0.270. The van der Waals surface area contributed by atoms with Crippen LogP contribution in [0.4, 0.5) is 0 Å². The Hall–Kier alpha value is -0.530. The van der Waals surface area contributed by atoms with E-state index in [0.29, 0.717) is 6.42 Å². The van der Waals surface area contributed by atoms with E-state index >= 15 is 0 Å². The van der Waals surface area contributed by atoms with Gasteiger partial charge in [-0.15, -0.1) is 0 Å². The van der Waals surface area contributed by atoms with Gasteiger partial charge in [-0.1, -0.05) is 57.8 Å². The molecule has 0 N–H and O–H groups in total. The molecule has 0 amide bonds. The fourth-order valence-electron chi connectivity index (χ4n) is 2.82. The highest BCUT2D eigenvalue weighted by molar-refractivity contribution is 5.69. The van der Waals surface area contributed by atoms with Gasteiger partial charge in [-0.3, -0.25) is 4.79 Å². The summed E-state index contributed by atoms with van der Waals surface area (Å²) in [5.74, 6) is -0.00269. The molecule has 0 aromatic carbocycles. The van der Waals surface area contributed by atoms with Crippen LogP contribution < -0.4 is 0 Å². The number of cyclic esters (lactones) is 1. The number of esters is 1. The standard InChI is InChI=1S/C17H32O2/c1-17(2)15-13-11-9-7-5-3-4-6-8-10-12-14-16(18)19-17/h3-15H2,1-2H3. The molecule has 0 aliphatic carbocycles. The summed E-state index contributed by atoms with van der Waals surface area (Å²) >= 11 is 0. The van der Waals surface area contributed by atoms with Crippen LogP contribution in [0.2, 0.25) is 0 Å². The van der Waals surface area contributed by atoms with Gasteiger partial charge in [-0.25, -0.2) is 0 Å². The van der Waals surface area contributed by atoms with Gasteiger partial charge in [0.1, 0.15) is 5.60 Å². The highest BCUT2D eigenvalue weighted by Gasteiger charge is 2.21. The fraction of sp³-hybridized carbons (Fsp3) is 0.941. The summed E-state index contributed by atoms with van der Waals surface area (Å²) in [5, 5.41) is 0. The Labute approximate surface area is 119 Å². The highest BCUT2D eigenvalue weighted by atomic mass is 16.6. The van der Waals surface area contributed by atoms with Crippen molar-refractivity contribution >= 4 is 5.97 Å². The van der Waals surface area contributed by atoms with Gasteiger partial charge in [0.25, 0.3) is 0 Å². The smallest absolute Gasteiger partial charge is 0.306 e. The molecule has 0 bridgehead atoms. The predicted octanol–water partition coefficient (Wildman–Crippen LogP) is 5.39. The van der Waals surface area contributed by atoms with Gasteiger partial charge < -0.3 is 4.74 Å². The van der Waals surface area contributed by atoms with Crippen molar-refractivity contribution in [1.82, 2.24) is 0 Å². The monoisotopic (exact) mass is 268 g/mol. The summed E-state index contributed by atoms with van der Waals surface area (Å²) in [7, 11) is 0. The van der Waals surface area contributed by atoms with Crippen LogP contribution in [0.15, 0.2) is 0 Å². The molecule has 1 aliphatic heterocycles. The summed E-state index contributed by atoms with van der Waals surface area (Å²) in [6.45, 7) is 4.10. The number of hydrogen-bond acceptors (Lipinski definition) is 2. The maximum Gasteiger partial charge on any atom is 0.306 e. The first-order chi connectivity index (χ1) is 9.10. The lowest BCUT2D eigenvalue weighted by atomic mass is 9.98. The normalized spacial score (nSPS) is 24.6. The van der Waals surface area contributed by atoms with Crippen LogP contribution in [0, 0.1) is 0 Å². The summed E-state index contributed by atoms with van der Waals surface area (Å²) in [4.78, 5) is 11.8. The molecule has 0 atom stereocenters. The minimum Gasteiger partial charge on any atom is -0.460 e. The lowest BCUT2D eigenvalue weighted by molar-refractivity contribution is -0.157. The maximum absolute atomic E-state index is 11.8. The number of rotatable bonds is 0. The fourth-order valence-corrected chi connectivity index (χ4v) is 2.82. The SMILES string of the molecule is CC1(C)CCCCCCCCCCCCCC(=O)O1. The molecule has 0 unspecified atom stereocenters. The molecule has 0 saturated carbocycles. The minimum absolute atomic E-state index is 0.00269. The Bertz CT molecular complexity index is 246. The van der Waals surface area contributed by atoms with Crippen LogP contribution in [0.3, 0.4) is 0 Å². The van der Waals surface area contributed by atoms with E-state index < -0.39 is 0 Å². The molecule has 112 valence electrons. The first-order valence-electron chi connectivity index (χ1n) is 8.32. The zero-order valence-electron chi connectivity index (χ0n) is 13.0. The van der Waals surface area contributed by atoms with Gasteiger partial charge in [-0.05, 0) is 33.1 Å². The van der Waals surface area contributed by atoms with Crippen molar-refractivity contribution in [2.75, 3.05) is 0 Å². The second-order valence-corrected chi connectivity index (χ2v) is 6.62. The van der Waals surface area contributed by atoms with Crippen LogP contribution in [0.5, 0.6) is 0 Å². The third-order valence-corrected chi connectivity index (χ3v) is 4.05. The van der Waals surface area contributed by atoms with E-state index in [2.05, 4.69) is 0 Å². The molecule has 1 heterocycles. The van der Waals surface area contributed by atoms with Crippen LogP contribution in [0.25, 0.3) is 0 Å². The highest BCUT2D eigenvalue weighted by Crippen LogP contribution is 2.21. The molecule has 1 saturated heterocycles. The molecular formula is C17H32O2. The van der Waals surface area contributed by atoms with Crippen molar-refractivity contribution in [1.29, 1.82) is 0 Å². The van der Waals surface area contributed by atoms with E-state index in [1.165, 1.54) is 64.2 Å². The van der Waals surface area contributed by atoms with E-state index in [1.807, 2.05) is 13.8 Å². The lowest BCUT2D eigenvalue weighted by Crippen LogP contribution is -2.27. The molecular weight excluding hydrogens is 236 g/mol. The molecule has 1 aliphatic rings. The molecule has 0 aromatic rings.